The normalized spacial score (nSPS) is 11.4. The molecule has 0 unspecified atom stereocenters. The predicted octanol–water partition coefficient (Wildman–Crippen LogP) is 7.45. The molecule has 41 heavy (non-hydrogen) atoms. The first-order valence-corrected chi connectivity index (χ1v) is 17.6. The van der Waals surface area contributed by atoms with Gasteiger partial charge in [0.25, 0.3) is 0 Å². The number of aryl methyl sites for hydroxylation is 1. The van der Waals surface area contributed by atoms with Crippen molar-refractivity contribution in [1.82, 2.24) is 0 Å². The molecule has 0 radical (unpaired) electrons. The van der Waals surface area contributed by atoms with Gasteiger partial charge in [-0.2, -0.15) is 0 Å². The average Bonchev–Trinajstić information content (AvgIpc) is 2.99. The zero-order chi connectivity index (χ0) is 29.3. The van der Waals surface area contributed by atoms with E-state index in [1.807, 2.05) is 0 Å². The highest BCUT2D eigenvalue weighted by Crippen LogP contribution is 2.15. The number of hydrogen-bond acceptors (Lipinski definition) is 7. The second kappa shape index (κ2) is 32.4. The van der Waals surface area contributed by atoms with Crippen LogP contribution in [0.25, 0.3) is 0 Å². The minimum Gasteiger partial charge on any atom is -0.491 e. The van der Waals surface area contributed by atoms with Gasteiger partial charge in [-0.25, -0.2) is 0 Å². The number of alkyl halides is 1. The van der Waals surface area contributed by atoms with Gasteiger partial charge in [0.05, 0.1) is 72.7 Å². The molecule has 0 aliphatic rings. The van der Waals surface area contributed by atoms with Crippen molar-refractivity contribution in [3.63, 3.8) is 0 Å². The maximum absolute atomic E-state index is 5.78. The van der Waals surface area contributed by atoms with Gasteiger partial charge in [0.15, 0.2) is 0 Å². The Morgan fingerprint density at radius 1 is 0.439 bits per heavy atom. The van der Waals surface area contributed by atoms with Gasteiger partial charge in [-0.1, -0.05) is 93.0 Å². The van der Waals surface area contributed by atoms with Gasteiger partial charge >= 0.3 is 0 Å². The molecule has 0 aliphatic carbocycles. The lowest BCUT2D eigenvalue weighted by molar-refractivity contribution is -0.0179. The summed E-state index contributed by atoms with van der Waals surface area (Å²) in [7, 11) is 0. The summed E-state index contributed by atoms with van der Waals surface area (Å²) in [5, 5.41) is 0. The van der Waals surface area contributed by atoms with Gasteiger partial charge in [0.2, 0.25) is 0 Å². The molecular weight excluding hydrogens is 635 g/mol. The highest BCUT2D eigenvalue weighted by molar-refractivity contribution is 14.1. The Morgan fingerprint density at radius 2 is 0.854 bits per heavy atom. The van der Waals surface area contributed by atoms with Crippen LogP contribution in [0, 0.1) is 0 Å². The molecule has 0 aromatic heterocycles. The Bertz CT molecular complexity index is 633. The van der Waals surface area contributed by atoms with E-state index >= 15 is 0 Å². The van der Waals surface area contributed by atoms with E-state index in [-0.39, 0.29) is 0 Å². The van der Waals surface area contributed by atoms with Crippen molar-refractivity contribution in [1.29, 1.82) is 0 Å². The van der Waals surface area contributed by atoms with Crippen molar-refractivity contribution >= 4 is 22.6 Å². The summed E-state index contributed by atoms with van der Waals surface area (Å²) in [6.07, 6.45) is 15.6. The number of rotatable bonds is 33. The Morgan fingerprint density at radius 3 is 1.37 bits per heavy atom. The molecule has 0 bridgehead atoms. The molecule has 1 aromatic carbocycles. The summed E-state index contributed by atoms with van der Waals surface area (Å²) in [5.74, 6) is 0.898. The van der Waals surface area contributed by atoms with Crippen LogP contribution in [0.2, 0.25) is 0 Å². The standard InChI is InChI=1S/C33H59IO7/c1-2-3-4-5-6-7-10-13-32-14-16-33(17-15-32)41-31-30-40-29-28-39-27-26-38-25-24-37-23-22-36-21-20-35-19-12-9-8-11-18-34/h14-17H,2-13,18-31H2,1H3. The second-order valence-electron chi connectivity index (χ2n) is 10.1. The smallest absolute Gasteiger partial charge is 0.119 e. The first-order valence-electron chi connectivity index (χ1n) is 16.1. The topological polar surface area (TPSA) is 64.6 Å². The quantitative estimate of drug-likeness (QED) is 0.0430. The molecule has 7 nitrogen and oxygen atoms in total. The Hall–Kier alpha value is -0.490. The van der Waals surface area contributed by atoms with Gasteiger partial charge in [-0.15, -0.1) is 0 Å². The van der Waals surface area contributed by atoms with Crippen molar-refractivity contribution in [2.24, 2.45) is 0 Å². The number of halogens is 1. The van der Waals surface area contributed by atoms with Crippen molar-refractivity contribution in [2.45, 2.75) is 84.0 Å². The predicted molar refractivity (Wildman–Crippen MR) is 176 cm³/mol. The molecule has 0 fully saturated rings. The fourth-order valence-corrected chi connectivity index (χ4v) is 4.65. The summed E-state index contributed by atoms with van der Waals surface area (Å²) in [6.45, 7) is 9.92. The lowest BCUT2D eigenvalue weighted by atomic mass is 10.0. The van der Waals surface area contributed by atoms with Crippen LogP contribution in [-0.2, 0) is 34.8 Å². The average molecular weight is 695 g/mol. The molecule has 0 amide bonds. The van der Waals surface area contributed by atoms with E-state index in [0.717, 1.165) is 25.2 Å². The van der Waals surface area contributed by atoms with Crippen LogP contribution < -0.4 is 4.74 Å². The Balaban J connectivity index is 1.75. The zero-order valence-corrected chi connectivity index (χ0v) is 28.1. The van der Waals surface area contributed by atoms with E-state index < -0.39 is 0 Å². The van der Waals surface area contributed by atoms with Crippen LogP contribution in [0.15, 0.2) is 24.3 Å². The van der Waals surface area contributed by atoms with Gasteiger partial charge in [0.1, 0.15) is 12.4 Å². The summed E-state index contributed by atoms with van der Waals surface area (Å²) in [6, 6.07) is 8.48. The number of benzene rings is 1. The minimum atomic E-state index is 0.540. The van der Waals surface area contributed by atoms with Gasteiger partial charge in [-0.05, 0) is 47.8 Å². The highest BCUT2D eigenvalue weighted by atomic mass is 127. The molecule has 0 saturated carbocycles. The van der Waals surface area contributed by atoms with E-state index in [1.165, 1.54) is 74.2 Å². The first-order chi connectivity index (χ1) is 20.4. The van der Waals surface area contributed by atoms with Crippen molar-refractivity contribution in [3.05, 3.63) is 29.8 Å². The fraction of sp³-hybridized carbons (Fsp3) is 0.818. The summed E-state index contributed by atoms with van der Waals surface area (Å²) < 4.78 is 40.2. The summed E-state index contributed by atoms with van der Waals surface area (Å²) in [4.78, 5) is 0. The molecule has 0 saturated heterocycles. The maximum atomic E-state index is 5.78. The monoisotopic (exact) mass is 694 g/mol. The molecule has 0 aliphatic heterocycles. The van der Waals surface area contributed by atoms with Crippen molar-refractivity contribution in [2.75, 3.05) is 90.3 Å². The summed E-state index contributed by atoms with van der Waals surface area (Å²) >= 11 is 2.43. The summed E-state index contributed by atoms with van der Waals surface area (Å²) in [5.41, 5.74) is 1.39. The van der Waals surface area contributed by atoms with E-state index in [2.05, 4.69) is 53.8 Å². The third kappa shape index (κ3) is 28.1. The van der Waals surface area contributed by atoms with Crippen LogP contribution in [0.1, 0.15) is 83.1 Å². The first kappa shape index (κ1) is 38.5. The van der Waals surface area contributed by atoms with Gasteiger partial charge < -0.3 is 33.2 Å². The zero-order valence-electron chi connectivity index (χ0n) is 25.9. The van der Waals surface area contributed by atoms with Gasteiger partial charge in [-0.3, -0.25) is 0 Å². The van der Waals surface area contributed by atoms with Crippen LogP contribution >= 0.6 is 22.6 Å². The van der Waals surface area contributed by atoms with E-state index in [1.54, 1.807) is 0 Å². The lowest BCUT2D eigenvalue weighted by Gasteiger charge is -2.09. The molecule has 240 valence electrons. The van der Waals surface area contributed by atoms with E-state index in [9.17, 15) is 0 Å². The highest BCUT2D eigenvalue weighted by Gasteiger charge is 1.99. The molecule has 1 aromatic rings. The maximum Gasteiger partial charge on any atom is 0.119 e. The number of unbranched alkanes of at least 4 members (excludes halogenated alkanes) is 9. The van der Waals surface area contributed by atoms with Crippen molar-refractivity contribution < 1.29 is 33.2 Å². The lowest BCUT2D eigenvalue weighted by Crippen LogP contribution is -2.14. The number of hydrogen-bond donors (Lipinski definition) is 0. The van der Waals surface area contributed by atoms with Crippen LogP contribution in [0.5, 0.6) is 5.75 Å². The minimum absolute atomic E-state index is 0.540. The Kier molecular flexibility index (Phi) is 30.5. The second-order valence-corrected chi connectivity index (χ2v) is 11.2. The number of ether oxygens (including phenoxy) is 7. The van der Waals surface area contributed by atoms with Crippen LogP contribution in [0.4, 0.5) is 0 Å². The molecule has 8 heteroatoms. The SMILES string of the molecule is CCCCCCCCCc1ccc(OCCOCCOCCOCCOCCOCCOCCCCCCI)cc1. The molecular formula is C33H59IO7. The molecule has 0 N–H and O–H groups in total. The van der Waals surface area contributed by atoms with E-state index in [4.69, 9.17) is 33.2 Å². The molecule has 0 heterocycles. The fourth-order valence-electron chi connectivity index (χ4n) is 4.11. The molecule has 1 rings (SSSR count). The largest absolute Gasteiger partial charge is 0.491 e. The third-order valence-electron chi connectivity index (χ3n) is 6.52. The van der Waals surface area contributed by atoms with Crippen LogP contribution in [-0.4, -0.2) is 90.3 Å². The molecule has 0 atom stereocenters. The van der Waals surface area contributed by atoms with Crippen molar-refractivity contribution in [3.8, 4) is 5.75 Å². The van der Waals surface area contributed by atoms with Crippen LogP contribution in [0.3, 0.4) is 0 Å². The van der Waals surface area contributed by atoms with E-state index in [0.29, 0.717) is 79.3 Å². The Labute approximate surface area is 264 Å². The van der Waals surface area contributed by atoms with Gasteiger partial charge in [0, 0.05) is 6.61 Å². The molecule has 0 spiro atoms. The third-order valence-corrected chi connectivity index (χ3v) is 7.28.